The zero-order valence-electron chi connectivity index (χ0n) is 15.8. The summed E-state index contributed by atoms with van der Waals surface area (Å²) in [4.78, 5) is 30.3. The quantitative estimate of drug-likeness (QED) is 0.775. The van der Waals surface area contributed by atoms with Crippen LogP contribution in [0.25, 0.3) is 0 Å². The van der Waals surface area contributed by atoms with Crippen LogP contribution >= 0.6 is 11.6 Å². The zero-order valence-corrected chi connectivity index (χ0v) is 16.6. The van der Waals surface area contributed by atoms with Crippen molar-refractivity contribution in [2.24, 2.45) is 0 Å². The molecule has 2 aliphatic rings. The van der Waals surface area contributed by atoms with Crippen molar-refractivity contribution in [2.75, 3.05) is 37.6 Å². The van der Waals surface area contributed by atoms with E-state index >= 15 is 0 Å². The van der Waals surface area contributed by atoms with Gasteiger partial charge in [0, 0.05) is 17.3 Å². The van der Waals surface area contributed by atoms with Crippen molar-refractivity contribution in [3.8, 4) is 0 Å². The Balaban J connectivity index is 1.34. The molecule has 0 aromatic heterocycles. The molecule has 2 aromatic rings. The number of amides is 2. The van der Waals surface area contributed by atoms with E-state index < -0.39 is 0 Å². The highest BCUT2D eigenvalue weighted by Crippen LogP contribution is 2.20. The first-order valence-electron chi connectivity index (χ1n) is 9.85. The summed E-state index contributed by atoms with van der Waals surface area (Å²) in [5, 5.41) is 0.734. The van der Waals surface area contributed by atoms with Crippen LogP contribution in [-0.4, -0.2) is 55.5 Å². The van der Waals surface area contributed by atoms with Crippen LogP contribution in [0.5, 0.6) is 0 Å². The van der Waals surface area contributed by atoms with Crippen molar-refractivity contribution in [1.29, 1.82) is 0 Å². The normalized spacial score (nSPS) is 20.8. The van der Waals surface area contributed by atoms with Crippen LogP contribution in [0.3, 0.4) is 0 Å². The molecule has 0 radical (unpaired) electrons. The topological polar surface area (TPSA) is 45.1 Å². The summed E-state index contributed by atoms with van der Waals surface area (Å²) in [6.07, 6.45) is 1.04. The molecule has 0 spiro atoms. The van der Waals surface area contributed by atoms with Crippen molar-refractivity contribution >= 4 is 29.1 Å². The molecule has 1 N–H and O–H groups in total. The van der Waals surface area contributed by atoms with Gasteiger partial charge < -0.3 is 9.80 Å². The number of quaternary nitrogens is 1. The molecular formula is C22H25ClN3O2+. The molecule has 6 heteroatoms. The zero-order chi connectivity index (χ0) is 19.5. The van der Waals surface area contributed by atoms with Crippen LogP contribution in [-0.2, 0) is 16.0 Å². The Labute approximate surface area is 170 Å². The van der Waals surface area contributed by atoms with Gasteiger partial charge in [-0.05, 0) is 30.2 Å². The molecule has 4 rings (SSSR count). The van der Waals surface area contributed by atoms with Crippen molar-refractivity contribution < 1.29 is 14.5 Å². The molecule has 5 nitrogen and oxygen atoms in total. The minimum atomic E-state index is -0.232. The van der Waals surface area contributed by atoms with Crippen LogP contribution in [0.1, 0.15) is 12.0 Å². The molecular weight excluding hydrogens is 374 g/mol. The smallest absolute Gasteiger partial charge is 0.288 e. The maximum Gasteiger partial charge on any atom is 0.288 e. The lowest BCUT2D eigenvalue weighted by molar-refractivity contribution is -0.915. The van der Waals surface area contributed by atoms with E-state index in [-0.39, 0.29) is 17.9 Å². The second-order valence-electron chi connectivity index (χ2n) is 7.50. The maximum atomic E-state index is 12.9. The fourth-order valence-electron chi connectivity index (χ4n) is 4.20. The van der Waals surface area contributed by atoms with Gasteiger partial charge in [-0.2, -0.15) is 0 Å². The number of hydrogen-bond acceptors (Lipinski definition) is 3. The van der Waals surface area contributed by atoms with Gasteiger partial charge in [-0.25, -0.2) is 0 Å². The van der Waals surface area contributed by atoms with Crippen LogP contribution in [0.15, 0.2) is 54.6 Å². The number of likely N-dealkylation sites (tertiary alicyclic amines) is 1. The second kappa shape index (κ2) is 8.33. The number of anilines is 1. The van der Waals surface area contributed by atoms with E-state index in [1.165, 1.54) is 9.80 Å². The molecule has 0 aliphatic carbocycles. The van der Waals surface area contributed by atoms with Crippen molar-refractivity contribution in [3.63, 3.8) is 0 Å². The van der Waals surface area contributed by atoms with Crippen LogP contribution < -0.4 is 9.80 Å². The Morgan fingerprint density at radius 3 is 2.46 bits per heavy atom. The highest BCUT2D eigenvalue weighted by molar-refractivity contribution is 6.30. The third-order valence-electron chi connectivity index (χ3n) is 5.78. The number of rotatable bonds is 5. The predicted molar refractivity (Wildman–Crippen MR) is 110 cm³/mol. The summed E-state index contributed by atoms with van der Waals surface area (Å²) in [7, 11) is 0. The van der Waals surface area contributed by atoms with Gasteiger partial charge >= 0.3 is 0 Å². The molecule has 1 atom stereocenters. The van der Waals surface area contributed by atoms with E-state index in [1.807, 2.05) is 48.5 Å². The Morgan fingerprint density at radius 2 is 1.75 bits per heavy atom. The van der Waals surface area contributed by atoms with Gasteiger partial charge in [-0.1, -0.05) is 48.0 Å². The molecule has 2 aromatic carbocycles. The summed E-state index contributed by atoms with van der Waals surface area (Å²) in [5.41, 5.74) is 2.26. The van der Waals surface area contributed by atoms with E-state index in [4.69, 9.17) is 11.6 Å². The van der Waals surface area contributed by atoms with Crippen molar-refractivity contribution in [2.45, 2.75) is 18.9 Å². The lowest BCUT2D eigenvalue weighted by Gasteiger charge is -2.35. The van der Waals surface area contributed by atoms with Gasteiger partial charge in [0.25, 0.3) is 5.91 Å². The molecule has 0 saturated carbocycles. The molecule has 2 fully saturated rings. The lowest BCUT2D eigenvalue weighted by Crippen LogP contribution is -3.19. The number of benzene rings is 2. The highest BCUT2D eigenvalue weighted by Gasteiger charge is 2.45. The highest BCUT2D eigenvalue weighted by atomic mass is 35.5. The van der Waals surface area contributed by atoms with Crippen LogP contribution in [0.2, 0.25) is 5.02 Å². The fourth-order valence-corrected chi connectivity index (χ4v) is 4.38. The third kappa shape index (κ3) is 4.05. The number of nitrogens with zero attached hydrogens (tertiary/aromatic N) is 2. The Morgan fingerprint density at radius 1 is 1.00 bits per heavy atom. The number of nitrogens with one attached hydrogen (secondary N) is 1. The number of halogens is 1. The SMILES string of the molecule is O=C1C[C@H]([NH+]2CCN(c3cccc(Cl)c3)CC2)C(=O)N1CCc1ccccc1. The predicted octanol–water partition coefficient (Wildman–Crippen LogP) is 1.42. The summed E-state index contributed by atoms with van der Waals surface area (Å²) in [5.74, 6) is -0.0390. The number of imide groups is 1. The molecule has 146 valence electrons. The van der Waals surface area contributed by atoms with Crippen molar-refractivity contribution in [1.82, 2.24) is 4.90 Å². The van der Waals surface area contributed by atoms with E-state index in [0.29, 0.717) is 19.4 Å². The monoisotopic (exact) mass is 398 g/mol. The number of carbonyl (C=O) groups is 2. The van der Waals surface area contributed by atoms with Gasteiger partial charge in [0.05, 0.1) is 32.6 Å². The number of hydrogen-bond donors (Lipinski definition) is 1. The van der Waals surface area contributed by atoms with E-state index in [9.17, 15) is 9.59 Å². The van der Waals surface area contributed by atoms with Crippen molar-refractivity contribution in [3.05, 3.63) is 65.2 Å². The molecule has 0 unspecified atom stereocenters. The summed E-state index contributed by atoms with van der Waals surface area (Å²) >= 11 is 6.10. The fraction of sp³-hybridized carbons (Fsp3) is 0.364. The second-order valence-corrected chi connectivity index (χ2v) is 7.94. The minimum absolute atomic E-state index is 0.00728. The Kier molecular flexibility index (Phi) is 5.64. The van der Waals surface area contributed by atoms with E-state index in [2.05, 4.69) is 11.0 Å². The Bertz CT molecular complexity index is 850. The van der Waals surface area contributed by atoms with Gasteiger partial charge in [0.2, 0.25) is 5.91 Å². The molecule has 2 amide bonds. The number of piperazine rings is 1. The minimum Gasteiger partial charge on any atom is -0.360 e. The van der Waals surface area contributed by atoms with Gasteiger partial charge in [-0.3, -0.25) is 14.5 Å². The van der Waals surface area contributed by atoms with E-state index in [1.54, 1.807) is 0 Å². The lowest BCUT2D eigenvalue weighted by atomic mass is 10.1. The summed E-state index contributed by atoms with van der Waals surface area (Å²) in [6, 6.07) is 17.6. The number of carbonyl (C=O) groups excluding carboxylic acids is 2. The average Bonchev–Trinajstić information content (AvgIpc) is 3.01. The maximum absolute atomic E-state index is 12.9. The van der Waals surface area contributed by atoms with Gasteiger partial charge in [0.1, 0.15) is 0 Å². The molecule has 2 saturated heterocycles. The first kappa shape index (κ1) is 19.0. The van der Waals surface area contributed by atoms with Gasteiger partial charge in [-0.15, -0.1) is 0 Å². The molecule has 2 aliphatic heterocycles. The molecule has 0 bridgehead atoms. The summed E-state index contributed by atoms with van der Waals surface area (Å²) < 4.78 is 0. The molecule has 28 heavy (non-hydrogen) atoms. The molecule has 2 heterocycles. The average molecular weight is 399 g/mol. The standard InChI is InChI=1S/C22H24ClN3O2/c23-18-7-4-8-19(15-18)24-11-13-25(14-12-24)20-16-21(27)26(22(20)28)10-9-17-5-2-1-3-6-17/h1-8,15,20H,9-14,16H2/p+1/t20-/m0/s1. The Hall–Kier alpha value is -2.37. The first-order valence-corrected chi connectivity index (χ1v) is 10.2. The van der Waals surface area contributed by atoms with Gasteiger partial charge in [0.15, 0.2) is 6.04 Å². The third-order valence-corrected chi connectivity index (χ3v) is 6.02. The first-order chi connectivity index (χ1) is 13.6. The largest absolute Gasteiger partial charge is 0.360 e. The van der Waals surface area contributed by atoms with E-state index in [0.717, 1.165) is 42.5 Å². The van der Waals surface area contributed by atoms with Crippen LogP contribution in [0.4, 0.5) is 5.69 Å². The summed E-state index contributed by atoms with van der Waals surface area (Å²) in [6.45, 7) is 3.89. The van der Waals surface area contributed by atoms with Crippen LogP contribution in [0, 0.1) is 0 Å².